The monoisotopic (exact) mass is 200 g/mol. The maximum absolute atomic E-state index is 12.9. The van der Waals surface area contributed by atoms with Gasteiger partial charge in [0.15, 0.2) is 0 Å². The number of halogens is 2. The van der Waals surface area contributed by atoms with E-state index in [2.05, 4.69) is 0 Å². The van der Waals surface area contributed by atoms with Crippen LogP contribution in [0, 0.1) is 11.7 Å². The van der Waals surface area contributed by atoms with Gasteiger partial charge in [0.05, 0.1) is 6.61 Å². The molecule has 0 aliphatic heterocycles. The standard InChI is InChI=1S/C10H10ClFO/c11-10-8(12)2-1-3-9(10)13-6-7-4-5-7/h1-3,7H,4-6H2. The summed E-state index contributed by atoms with van der Waals surface area (Å²) in [4.78, 5) is 0. The first-order valence-electron chi connectivity index (χ1n) is 4.34. The second kappa shape index (κ2) is 3.54. The zero-order valence-electron chi connectivity index (χ0n) is 7.09. The molecule has 0 N–H and O–H groups in total. The van der Waals surface area contributed by atoms with Crippen LogP contribution in [-0.2, 0) is 0 Å². The van der Waals surface area contributed by atoms with E-state index >= 15 is 0 Å². The van der Waals surface area contributed by atoms with E-state index in [-0.39, 0.29) is 5.02 Å². The summed E-state index contributed by atoms with van der Waals surface area (Å²) in [6.45, 7) is 0.656. The van der Waals surface area contributed by atoms with Gasteiger partial charge in [0.25, 0.3) is 0 Å². The third kappa shape index (κ3) is 2.13. The van der Waals surface area contributed by atoms with Crippen LogP contribution in [0.3, 0.4) is 0 Å². The lowest BCUT2D eigenvalue weighted by molar-refractivity contribution is 0.298. The Morgan fingerprint density at radius 2 is 2.23 bits per heavy atom. The minimum absolute atomic E-state index is 0.0863. The molecule has 1 nitrogen and oxygen atoms in total. The van der Waals surface area contributed by atoms with Gasteiger partial charge in [-0.2, -0.15) is 0 Å². The first kappa shape index (κ1) is 8.82. The Kier molecular flexibility index (Phi) is 2.40. The Morgan fingerprint density at radius 3 is 2.92 bits per heavy atom. The van der Waals surface area contributed by atoms with E-state index in [0.29, 0.717) is 18.3 Å². The number of benzene rings is 1. The molecule has 1 aliphatic rings. The van der Waals surface area contributed by atoms with Crippen LogP contribution in [0.15, 0.2) is 18.2 Å². The largest absolute Gasteiger partial charge is 0.492 e. The third-order valence-electron chi connectivity index (χ3n) is 2.09. The Morgan fingerprint density at radius 1 is 1.46 bits per heavy atom. The van der Waals surface area contributed by atoms with Crippen molar-refractivity contribution in [2.24, 2.45) is 5.92 Å². The van der Waals surface area contributed by atoms with E-state index in [4.69, 9.17) is 16.3 Å². The van der Waals surface area contributed by atoms with Crippen molar-refractivity contribution >= 4 is 11.6 Å². The molecule has 2 rings (SSSR count). The van der Waals surface area contributed by atoms with Crippen LogP contribution in [-0.4, -0.2) is 6.61 Å². The molecule has 13 heavy (non-hydrogen) atoms. The van der Waals surface area contributed by atoms with Crippen molar-refractivity contribution in [1.29, 1.82) is 0 Å². The van der Waals surface area contributed by atoms with Gasteiger partial charge in [0.2, 0.25) is 0 Å². The zero-order valence-corrected chi connectivity index (χ0v) is 7.85. The summed E-state index contributed by atoms with van der Waals surface area (Å²) in [7, 11) is 0. The van der Waals surface area contributed by atoms with E-state index in [1.165, 1.54) is 18.9 Å². The first-order valence-corrected chi connectivity index (χ1v) is 4.72. The van der Waals surface area contributed by atoms with Gasteiger partial charge < -0.3 is 4.74 Å². The summed E-state index contributed by atoms with van der Waals surface area (Å²) in [6.07, 6.45) is 2.43. The second-order valence-electron chi connectivity index (χ2n) is 3.31. The van der Waals surface area contributed by atoms with Crippen LogP contribution in [0.2, 0.25) is 5.02 Å². The van der Waals surface area contributed by atoms with Crippen molar-refractivity contribution in [3.05, 3.63) is 29.0 Å². The number of ether oxygens (including phenoxy) is 1. The number of rotatable bonds is 3. The maximum atomic E-state index is 12.9. The van der Waals surface area contributed by atoms with Crippen molar-refractivity contribution < 1.29 is 9.13 Å². The van der Waals surface area contributed by atoms with Gasteiger partial charge in [-0.05, 0) is 30.9 Å². The van der Waals surface area contributed by atoms with Gasteiger partial charge in [0, 0.05) is 0 Å². The van der Waals surface area contributed by atoms with Crippen molar-refractivity contribution in [2.75, 3.05) is 6.61 Å². The lowest BCUT2D eigenvalue weighted by Gasteiger charge is -2.06. The highest BCUT2D eigenvalue weighted by Crippen LogP contribution is 2.32. The van der Waals surface area contributed by atoms with Crippen LogP contribution in [0.5, 0.6) is 5.75 Å². The molecule has 0 atom stereocenters. The molecule has 0 radical (unpaired) electrons. The van der Waals surface area contributed by atoms with Crippen molar-refractivity contribution in [3.63, 3.8) is 0 Å². The topological polar surface area (TPSA) is 9.23 Å². The quantitative estimate of drug-likeness (QED) is 0.728. The first-order chi connectivity index (χ1) is 6.27. The predicted octanol–water partition coefficient (Wildman–Crippen LogP) is 3.27. The third-order valence-corrected chi connectivity index (χ3v) is 2.45. The van der Waals surface area contributed by atoms with Crippen LogP contribution in [0.25, 0.3) is 0 Å². The van der Waals surface area contributed by atoms with E-state index in [9.17, 15) is 4.39 Å². The second-order valence-corrected chi connectivity index (χ2v) is 3.68. The highest BCUT2D eigenvalue weighted by Gasteiger charge is 2.22. The van der Waals surface area contributed by atoms with Gasteiger partial charge in [-0.15, -0.1) is 0 Å². The average Bonchev–Trinajstić information content (AvgIpc) is 2.91. The summed E-state index contributed by atoms with van der Waals surface area (Å²) >= 11 is 5.70. The highest BCUT2D eigenvalue weighted by molar-refractivity contribution is 6.32. The molecule has 0 spiro atoms. The lowest BCUT2D eigenvalue weighted by atomic mass is 10.3. The molecular weight excluding hydrogens is 191 g/mol. The molecule has 1 aliphatic carbocycles. The van der Waals surface area contributed by atoms with Crippen LogP contribution >= 0.6 is 11.6 Å². The predicted molar refractivity (Wildman–Crippen MR) is 49.6 cm³/mol. The molecule has 0 saturated heterocycles. The molecule has 0 amide bonds. The SMILES string of the molecule is Fc1cccc(OCC2CC2)c1Cl. The van der Waals surface area contributed by atoms with E-state index in [0.717, 1.165) is 0 Å². The minimum Gasteiger partial charge on any atom is -0.492 e. The van der Waals surface area contributed by atoms with Crippen molar-refractivity contribution in [3.8, 4) is 5.75 Å². The molecule has 1 aromatic carbocycles. The normalized spacial score (nSPS) is 15.8. The van der Waals surface area contributed by atoms with Crippen LogP contribution in [0.4, 0.5) is 4.39 Å². The fourth-order valence-corrected chi connectivity index (χ4v) is 1.27. The van der Waals surface area contributed by atoms with E-state index in [1.54, 1.807) is 12.1 Å². The van der Waals surface area contributed by atoms with Crippen molar-refractivity contribution in [2.45, 2.75) is 12.8 Å². The Bertz CT molecular complexity index is 310. The van der Waals surface area contributed by atoms with E-state index < -0.39 is 5.82 Å². The molecule has 0 unspecified atom stereocenters. The molecule has 1 aromatic rings. The van der Waals surface area contributed by atoms with Gasteiger partial charge in [-0.1, -0.05) is 17.7 Å². The maximum Gasteiger partial charge on any atom is 0.145 e. The fourth-order valence-electron chi connectivity index (χ4n) is 1.09. The summed E-state index contributed by atoms with van der Waals surface area (Å²) in [5.41, 5.74) is 0. The Balaban J connectivity index is 2.05. The lowest BCUT2D eigenvalue weighted by Crippen LogP contribution is -1.99. The minimum atomic E-state index is -0.421. The van der Waals surface area contributed by atoms with Gasteiger partial charge in [-0.3, -0.25) is 0 Å². The molecule has 1 saturated carbocycles. The average molecular weight is 201 g/mol. The smallest absolute Gasteiger partial charge is 0.145 e. The Labute approximate surface area is 81.5 Å². The summed E-state index contributed by atoms with van der Waals surface area (Å²) < 4.78 is 18.3. The van der Waals surface area contributed by atoms with E-state index in [1.807, 2.05) is 0 Å². The van der Waals surface area contributed by atoms with Crippen LogP contribution in [0.1, 0.15) is 12.8 Å². The Hall–Kier alpha value is -0.760. The van der Waals surface area contributed by atoms with Crippen molar-refractivity contribution in [1.82, 2.24) is 0 Å². The molecule has 70 valence electrons. The highest BCUT2D eigenvalue weighted by atomic mass is 35.5. The van der Waals surface area contributed by atoms with Crippen LogP contribution < -0.4 is 4.74 Å². The number of hydrogen-bond donors (Lipinski definition) is 0. The molecule has 0 aromatic heterocycles. The molecule has 1 fully saturated rings. The zero-order chi connectivity index (χ0) is 9.26. The van der Waals surface area contributed by atoms with Gasteiger partial charge in [-0.25, -0.2) is 4.39 Å². The molecule has 3 heteroatoms. The molecular formula is C10H10ClFO. The van der Waals surface area contributed by atoms with Gasteiger partial charge >= 0.3 is 0 Å². The number of hydrogen-bond acceptors (Lipinski definition) is 1. The molecule has 0 heterocycles. The van der Waals surface area contributed by atoms with Gasteiger partial charge in [0.1, 0.15) is 16.6 Å². The molecule has 0 bridgehead atoms. The fraction of sp³-hybridized carbons (Fsp3) is 0.400. The summed E-state index contributed by atoms with van der Waals surface area (Å²) in [6, 6.07) is 4.61. The summed E-state index contributed by atoms with van der Waals surface area (Å²) in [5, 5.41) is 0.0863. The summed E-state index contributed by atoms with van der Waals surface area (Å²) in [5.74, 6) is 0.683.